The van der Waals surface area contributed by atoms with Crippen LogP contribution in [0.15, 0.2) is 0 Å². The number of carboxylic acids is 2. The van der Waals surface area contributed by atoms with Crippen LogP contribution in [0.4, 0.5) is 0 Å². The summed E-state index contributed by atoms with van der Waals surface area (Å²) in [5.41, 5.74) is 0. The zero-order valence-electron chi connectivity index (χ0n) is 21.5. The molecule has 0 aliphatic heterocycles. The van der Waals surface area contributed by atoms with E-state index in [0.717, 1.165) is 6.61 Å². The van der Waals surface area contributed by atoms with E-state index >= 15 is 0 Å². The third kappa shape index (κ3) is 30.5. The van der Waals surface area contributed by atoms with Crippen LogP contribution in [-0.4, -0.2) is 53.6 Å². The van der Waals surface area contributed by atoms with Crippen LogP contribution in [0.5, 0.6) is 0 Å². The Balaban J connectivity index is -0.000000632. The maximum atomic E-state index is 10.2. The van der Waals surface area contributed by atoms with Crippen LogP contribution in [0.25, 0.3) is 0 Å². The second-order valence-corrected chi connectivity index (χ2v) is 9.95. The van der Waals surface area contributed by atoms with Crippen molar-refractivity contribution in [2.45, 2.75) is 121 Å². The quantitative estimate of drug-likeness (QED) is 0.0834. The minimum absolute atomic E-state index is 0. The largest absolute Gasteiger partial charge is 1.00 e. The van der Waals surface area contributed by atoms with Gasteiger partial charge in [-0.15, -0.1) is 0 Å². The van der Waals surface area contributed by atoms with Crippen molar-refractivity contribution < 1.29 is 88.9 Å². The Morgan fingerprint density at radius 3 is 1.35 bits per heavy atom. The summed E-state index contributed by atoms with van der Waals surface area (Å²) in [4.78, 5) is 20.0. The van der Waals surface area contributed by atoms with Gasteiger partial charge in [0.2, 0.25) is 0 Å². The van der Waals surface area contributed by atoms with Gasteiger partial charge in [-0.1, -0.05) is 110 Å². The van der Waals surface area contributed by atoms with E-state index in [0.29, 0.717) is 6.61 Å². The van der Waals surface area contributed by atoms with Gasteiger partial charge in [-0.3, -0.25) is 14.1 Å². The number of hydrogen-bond donors (Lipinski definition) is 3. The number of ether oxygens (including phenoxy) is 1. The first-order valence-corrected chi connectivity index (χ1v) is 13.9. The van der Waals surface area contributed by atoms with E-state index in [-0.39, 0.29) is 51.4 Å². The summed E-state index contributed by atoms with van der Waals surface area (Å²) in [6.45, 7) is 7.49. The van der Waals surface area contributed by atoms with Crippen LogP contribution >= 0.6 is 0 Å². The van der Waals surface area contributed by atoms with Gasteiger partial charge in [0.05, 0.1) is 6.42 Å². The maximum Gasteiger partial charge on any atom is 1.00 e. The molecule has 0 amide bonds. The molecule has 1 atom stereocenters. The molecule has 0 radical (unpaired) electrons. The van der Waals surface area contributed by atoms with E-state index in [9.17, 15) is 18.0 Å². The summed E-state index contributed by atoms with van der Waals surface area (Å²) >= 11 is 0. The second kappa shape index (κ2) is 28.0. The predicted octanol–water partition coefficient (Wildman–Crippen LogP) is 2.90. The van der Waals surface area contributed by atoms with Gasteiger partial charge in [0.25, 0.3) is 10.1 Å². The Hall–Kier alpha value is 0.446. The van der Waals surface area contributed by atoms with Crippen LogP contribution < -0.4 is 51.4 Å². The van der Waals surface area contributed by atoms with Crippen molar-refractivity contribution in [2.24, 2.45) is 0 Å². The number of carboxylic acid groups (broad SMARTS) is 2. The first-order chi connectivity index (χ1) is 15.7. The van der Waals surface area contributed by atoms with Crippen molar-refractivity contribution in [3.05, 3.63) is 6.92 Å². The van der Waals surface area contributed by atoms with E-state index in [4.69, 9.17) is 19.5 Å². The molecule has 34 heavy (non-hydrogen) atoms. The van der Waals surface area contributed by atoms with Gasteiger partial charge < -0.3 is 21.9 Å². The number of hydrogen-bond acceptors (Lipinski definition) is 5. The Labute approximate surface area is 250 Å². The van der Waals surface area contributed by atoms with Gasteiger partial charge in [-0.25, -0.2) is 0 Å². The van der Waals surface area contributed by atoms with Crippen LogP contribution in [-0.2, 0) is 24.4 Å². The summed E-state index contributed by atoms with van der Waals surface area (Å²) < 4.78 is 33.9. The topological polar surface area (TPSA) is 138 Å². The maximum absolute atomic E-state index is 10.2. The minimum atomic E-state index is -4.84. The van der Waals surface area contributed by atoms with E-state index in [2.05, 4.69) is 13.8 Å². The Kier molecular flexibility index (Phi) is 32.1. The van der Waals surface area contributed by atoms with Crippen LogP contribution in [0.1, 0.15) is 116 Å². The molecule has 3 N–H and O–H groups in total. The van der Waals surface area contributed by atoms with Crippen molar-refractivity contribution in [1.82, 2.24) is 0 Å². The molecule has 0 aromatic heterocycles. The predicted molar refractivity (Wildman–Crippen MR) is 131 cm³/mol. The molecule has 0 heterocycles. The summed E-state index contributed by atoms with van der Waals surface area (Å²) in [5.74, 6) is -3.50. The SMILES string of the molecule is O=C(O)CC(C(=O)O)S(=O)(=O)O.[CH2-]COCCCCCCCCCCCCCCCCCC.[K+]. The first-order valence-electron chi connectivity index (χ1n) is 12.4. The van der Waals surface area contributed by atoms with Gasteiger partial charge >= 0.3 is 63.3 Å². The van der Waals surface area contributed by atoms with Crippen molar-refractivity contribution in [3.63, 3.8) is 0 Å². The fourth-order valence-corrected chi connectivity index (χ4v) is 3.94. The molecule has 0 aliphatic carbocycles. The Bertz CT molecular complexity index is 551. The van der Waals surface area contributed by atoms with Gasteiger partial charge in [0, 0.05) is 6.61 Å². The van der Waals surface area contributed by atoms with Gasteiger partial charge in [-0.05, 0) is 6.42 Å². The van der Waals surface area contributed by atoms with E-state index in [1.165, 1.54) is 103 Å². The van der Waals surface area contributed by atoms with Crippen molar-refractivity contribution in [2.75, 3.05) is 13.2 Å². The molecule has 0 aliphatic rings. The van der Waals surface area contributed by atoms with E-state index in [1.54, 1.807) is 0 Å². The minimum Gasteiger partial charge on any atom is -0.481 e. The molecule has 0 fully saturated rings. The van der Waals surface area contributed by atoms with Gasteiger partial charge in [-0.2, -0.15) is 8.42 Å². The standard InChI is InChI=1S/C20H41O.C4H6O7S.K/c1-3-5-6-7-8-9-10-11-12-13-14-15-16-17-18-19-20-21-4-2;5-3(6)1-2(4(7)8)12(9,10)11;/h2-20H2,1H3;2H,1H2,(H,5,6)(H,7,8)(H,9,10,11);/q-1;;+1. The van der Waals surface area contributed by atoms with Gasteiger partial charge in [0.15, 0.2) is 5.25 Å². The molecule has 0 bridgehead atoms. The van der Waals surface area contributed by atoms with Crippen molar-refractivity contribution >= 4 is 22.1 Å². The average Bonchev–Trinajstić information content (AvgIpc) is 2.73. The van der Waals surface area contributed by atoms with Crippen molar-refractivity contribution in [3.8, 4) is 0 Å². The molecule has 0 saturated heterocycles. The van der Waals surface area contributed by atoms with Gasteiger partial charge in [0.1, 0.15) is 0 Å². The molecule has 10 heteroatoms. The molecular weight excluding hydrogens is 487 g/mol. The third-order valence-electron chi connectivity index (χ3n) is 5.28. The summed E-state index contributed by atoms with van der Waals surface area (Å²) in [5, 5.41) is 13.9. The fraction of sp³-hybridized carbons (Fsp3) is 0.875. The normalized spacial score (nSPS) is 11.7. The summed E-state index contributed by atoms with van der Waals surface area (Å²) in [6.07, 6.45) is 21.6. The molecule has 0 saturated carbocycles. The van der Waals surface area contributed by atoms with Crippen LogP contribution in [0.3, 0.4) is 0 Å². The number of unbranched alkanes of at least 4 members (excludes halogenated alkanes) is 15. The summed E-state index contributed by atoms with van der Waals surface area (Å²) in [7, 11) is -4.84. The zero-order chi connectivity index (χ0) is 25.4. The third-order valence-corrected chi connectivity index (χ3v) is 6.37. The molecule has 0 rings (SSSR count). The zero-order valence-corrected chi connectivity index (χ0v) is 25.5. The number of rotatable bonds is 22. The van der Waals surface area contributed by atoms with Crippen LogP contribution in [0, 0.1) is 6.92 Å². The monoisotopic (exact) mass is 534 g/mol. The molecule has 8 nitrogen and oxygen atoms in total. The second-order valence-electron chi connectivity index (χ2n) is 8.36. The molecule has 0 spiro atoms. The van der Waals surface area contributed by atoms with E-state index < -0.39 is 33.7 Å². The molecular formula is C24H47KO8S. The van der Waals surface area contributed by atoms with Crippen molar-refractivity contribution in [1.29, 1.82) is 0 Å². The average molecular weight is 535 g/mol. The number of aliphatic carboxylic acids is 2. The Morgan fingerprint density at radius 1 is 0.765 bits per heavy atom. The van der Waals surface area contributed by atoms with Crippen LogP contribution in [0.2, 0.25) is 0 Å². The fourth-order valence-electron chi connectivity index (χ4n) is 3.33. The Morgan fingerprint density at radius 2 is 1.12 bits per heavy atom. The molecule has 0 aromatic carbocycles. The molecule has 1 unspecified atom stereocenters. The number of carbonyl (C=O) groups is 2. The summed E-state index contributed by atoms with van der Waals surface area (Å²) in [6, 6.07) is 0. The molecule has 0 aromatic rings. The van der Waals surface area contributed by atoms with E-state index in [1.807, 2.05) is 0 Å². The smallest absolute Gasteiger partial charge is 0.481 e. The molecule has 198 valence electrons. The first kappa shape index (κ1) is 39.0.